The molecule has 0 saturated carbocycles. The van der Waals surface area contributed by atoms with Gasteiger partial charge in [-0.3, -0.25) is 4.79 Å². The van der Waals surface area contributed by atoms with Crippen LogP contribution in [-0.4, -0.2) is 27.3 Å². The highest BCUT2D eigenvalue weighted by Gasteiger charge is 2.20. The van der Waals surface area contributed by atoms with Gasteiger partial charge in [0, 0.05) is 16.1 Å². The molecule has 0 atom stereocenters. The molecule has 1 aromatic heterocycles. The number of aromatic nitrogens is 3. The maximum absolute atomic E-state index is 12.9. The zero-order valence-electron chi connectivity index (χ0n) is 13.9. The maximum atomic E-state index is 12.9. The Bertz CT molecular complexity index is 862. The van der Waals surface area contributed by atoms with E-state index in [2.05, 4.69) is 17.0 Å². The molecule has 5 nitrogen and oxygen atoms in total. The molecule has 0 N–H and O–H groups in total. The first-order valence-electron chi connectivity index (χ1n) is 8.14. The predicted molar refractivity (Wildman–Crippen MR) is 97.0 cm³/mol. The summed E-state index contributed by atoms with van der Waals surface area (Å²) in [5.41, 5.74) is 1.23. The fourth-order valence-electron chi connectivity index (χ4n) is 2.32. The van der Waals surface area contributed by atoms with E-state index < -0.39 is 0 Å². The average Bonchev–Trinajstić information content (AvgIpc) is 3.06. The van der Waals surface area contributed by atoms with Gasteiger partial charge in [0.15, 0.2) is 5.82 Å². The maximum Gasteiger partial charge on any atom is 0.336 e. The van der Waals surface area contributed by atoms with Crippen molar-refractivity contribution in [2.45, 2.75) is 19.8 Å². The second-order valence-electron chi connectivity index (χ2n) is 5.51. The van der Waals surface area contributed by atoms with Crippen LogP contribution < -0.4 is 4.74 Å². The molecule has 3 aromatic rings. The summed E-state index contributed by atoms with van der Waals surface area (Å²) in [5, 5.41) is 4.75. The Morgan fingerprint density at radius 1 is 1.16 bits per heavy atom. The molecule has 1 heterocycles. The van der Waals surface area contributed by atoms with Crippen molar-refractivity contribution in [3.8, 4) is 17.4 Å². The molecule has 0 aliphatic rings. The number of carbonyl (C=O) groups is 1. The number of nitrogens with zero attached hydrogens (tertiary/aromatic N) is 3. The normalized spacial score (nSPS) is 10.6. The molecule has 0 amide bonds. The minimum Gasteiger partial charge on any atom is -0.462 e. The molecule has 2 aromatic carbocycles. The lowest BCUT2D eigenvalue weighted by Gasteiger charge is -2.04. The van der Waals surface area contributed by atoms with Gasteiger partial charge >= 0.3 is 6.01 Å². The second kappa shape index (κ2) is 7.94. The number of unbranched alkanes of at least 4 members (excludes halogenated alkanes) is 1. The summed E-state index contributed by atoms with van der Waals surface area (Å²) in [5.74, 6) is 0.135. The number of rotatable bonds is 6. The number of benzene rings is 2. The Morgan fingerprint density at radius 3 is 2.68 bits per heavy atom. The molecule has 0 aliphatic heterocycles. The Hall–Kier alpha value is -2.66. The first kappa shape index (κ1) is 17.2. The third kappa shape index (κ3) is 4.06. The highest BCUT2D eigenvalue weighted by atomic mass is 35.5. The fraction of sp³-hybridized carbons (Fsp3) is 0.211. The van der Waals surface area contributed by atoms with Crippen LogP contribution in [0.5, 0.6) is 6.01 Å². The molecule has 0 spiro atoms. The molecular formula is C19H18ClN3O2. The number of hydrogen-bond acceptors (Lipinski definition) is 4. The Morgan fingerprint density at radius 2 is 1.96 bits per heavy atom. The molecular weight excluding hydrogens is 338 g/mol. The Kier molecular flexibility index (Phi) is 5.46. The van der Waals surface area contributed by atoms with Gasteiger partial charge in [0.2, 0.25) is 0 Å². The lowest BCUT2D eigenvalue weighted by Crippen LogP contribution is -2.15. The van der Waals surface area contributed by atoms with Crippen molar-refractivity contribution in [3.05, 3.63) is 65.2 Å². The third-order valence-electron chi connectivity index (χ3n) is 3.61. The molecule has 3 rings (SSSR count). The van der Waals surface area contributed by atoms with E-state index in [1.165, 1.54) is 4.68 Å². The predicted octanol–water partition coefficient (Wildman–Crippen LogP) is 4.47. The molecule has 0 aliphatic carbocycles. The molecule has 128 valence electrons. The Labute approximate surface area is 151 Å². The minimum absolute atomic E-state index is 0.197. The van der Waals surface area contributed by atoms with Crippen LogP contribution in [0.1, 0.15) is 30.1 Å². The highest BCUT2D eigenvalue weighted by molar-refractivity contribution is 6.31. The third-order valence-corrected chi connectivity index (χ3v) is 3.85. The van der Waals surface area contributed by atoms with Crippen LogP contribution in [0.25, 0.3) is 11.4 Å². The molecule has 0 fully saturated rings. The van der Waals surface area contributed by atoms with E-state index in [0.29, 0.717) is 23.0 Å². The van der Waals surface area contributed by atoms with Gasteiger partial charge < -0.3 is 4.74 Å². The first-order chi connectivity index (χ1) is 12.2. The smallest absolute Gasteiger partial charge is 0.336 e. The topological polar surface area (TPSA) is 57.0 Å². The van der Waals surface area contributed by atoms with Crippen LogP contribution in [0.2, 0.25) is 5.02 Å². The molecule has 0 saturated heterocycles. The van der Waals surface area contributed by atoms with Crippen LogP contribution in [-0.2, 0) is 0 Å². The van der Waals surface area contributed by atoms with Crippen LogP contribution in [0.4, 0.5) is 0 Å². The first-order valence-corrected chi connectivity index (χ1v) is 8.52. The van der Waals surface area contributed by atoms with Crippen LogP contribution in [0, 0.1) is 0 Å². The zero-order valence-corrected chi connectivity index (χ0v) is 14.6. The van der Waals surface area contributed by atoms with Gasteiger partial charge in [0.1, 0.15) is 0 Å². The van der Waals surface area contributed by atoms with Gasteiger partial charge in [-0.25, -0.2) is 0 Å². The van der Waals surface area contributed by atoms with E-state index >= 15 is 0 Å². The monoisotopic (exact) mass is 355 g/mol. The van der Waals surface area contributed by atoms with Crippen LogP contribution in [0.15, 0.2) is 54.6 Å². The van der Waals surface area contributed by atoms with Crippen molar-refractivity contribution >= 4 is 17.5 Å². The van der Waals surface area contributed by atoms with Crippen molar-refractivity contribution in [3.63, 3.8) is 0 Å². The zero-order chi connectivity index (χ0) is 17.6. The lowest BCUT2D eigenvalue weighted by molar-refractivity contribution is 0.0944. The summed E-state index contributed by atoms with van der Waals surface area (Å²) in [7, 11) is 0. The van der Waals surface area contributed by atoms with Gasteiger partial charge in [0.25, 0.3) is 5.91 Å². The molecule has 25 heavy (non-hydrogen) atoms. The van der Waals surface area contributed by atoms with E-state index in [9.17, 15) is 4.79 Å². The SMILES string of the molecule is CCCCOc1nc(-c2ccccc2)n(C(=O)c2cccc(Cl)c2)n1. The summed E-state index contributed by atoms with van der Waals surface area (Å²) >= 11 is 6.00. The van der Waals surface area contributed by atoms with Gasteiger partial charge in [-0.1, -0.05) is 61.3 Å². The number of carbonyl (C=O) groups excluding carboxylic acids is 1. The highest BCUT2D eigenvalue weighted by Crippen LogP contribution is 2.22. The summed E-state index contributed by atoms with van der Waals surface area (Å²) in [6, 6.07) is 16.4. The minimum atomic E-state index is -0.306. The second-order valence-corrected chi connectivity index (χ2v) is 5.95. The standard InChI is InChI=1S/C19H18ClN3O2/c1-2-3-12-25-19-21-17(14-8-5-4-6-9-14)23(22-19)18(24)15-10-7-11-16(20)13-15/h4-11,13H,2-3,12H2,1H3. The summed E-state index contributed by atoms with van der Waals surface area (Å²) < 4.78 is 6.84. The average molecular weight is 356 g/mol. The largest absolute Gasteiger partial charge is 0.462 e. The van der Waals surface area contributed by atoms with E-state index in [1.807, 2.05) is 30.3 Å². The van der Waals surface area contributed by atoms with Crippen molar-refractivity contribution in [2.75, 3.05) is 6.61 Å². The van der Waals surface area contributed by atoms with E-state index in [-0.39, 0.29) is 11.9 Å². The van der Waals surface area contributed by atoms with Crippen molar-refractivity contribution in [2.24, 2.45) is 0 Å². The van der Waals surface area contributed by atoms with Crippen molar-refractivity contribution < 1.29 is 9.53 Å². The summed E-state index contributed by atoms with van der Waals surface area (Å²) in [4.78, 5) is 17.3. The van der Waals surface area contributed by atoms with Crippen molar-refractivity contribution in [1.82, 2.24) is 14.8 Å². The number of hydrogen-bond donors (Lipinski definition) is 0. The number of halogens is 1. The van der Waals surface area contributed by atoms with Crippen LogP contribution >= 0.6 is 11.6 Å². The van der Waals surface area contributed by atoms with Gasteiger partial charge in [-0.05, 0) is 24.6 Å². The fourth-order valence-corrected chi connectivity index (χ4v) is 2.51. The molecule has 0 bridgehead atoms. The van der Waals surface area contributed by atoms with Gasteiger partial charge in [-0.2, -0.15) is 9.67 Å². The molecule has 0 radical (unpaired) electrons. The quantitative estimate of drug-likeness (QED) is 0.612. The summed E-state index contributed by atoms with van der Waals surface area (Å²) in [6.07, 6.45) is 1.91. The van der Waals surface area contributed by atoms with Crippen molar-refractivity contribution in [1.29, 1.82) is 0 Å². The lowest BCUT2D eigenvalue weighted by atomic mass is 10.2. The van der Waals surface area contributed by atoms with Gasteiger partial charge in [-0.15, -0.1) is 5.10 Å². The Balaban J connectivity index is 1.99. The van der Waals surface area contributed by atoms with E-state index in [4.69, 9.17) is 16.3 Å². The van der Waals surface area contributed by atoms with E-state index in [1.54, 1.807) is 24.3 Å². The van der Waals surface area contributed by atoms with Gasteiger partial charge in [0.05, 0.1) is 6.61 Å². The van der Waals surface area contributed by atoms with E-state index in [0.717, 1.165) is 18.4 Å². The van der Waals surface area contributed by atoms with Crippen LogP contribution in [0.3, 0.4) is 0 Å². The number of ether oxygens (including phenoxy) is 1. The molecule has 6 heteroatoms. The molecule has 0 unspecified atom stereocenters. The summed E-state index contributed by atoms with van der Waals surface area (Å²) in [6.45, 7) is 2.59.